The molecular formula is C9H10N4O2. The molecule has 0 unspecified atom stereocenters. The van der Waals surface area contributed by atoms with Gasteiger partial charge in [0.05, 0.1) is 6.20 Å². The summed E-state index contributed by atoms with van der Waals surface area (Å²) >= 11 is 0. The second-order valence-corrected chi connectivity index (χ2v) is 3.11. The van der Waals surface area contributed by atoms with E-state index in [1.54, 1.807) is 16.9 Å². The summed E-state index contributed by atoms with van der Waals surface area (Å²) < 4.78 is 6.78. The summed E-state index contributed by atoms with van der Waals surface area (Å²) in [4.78, 5) is 14.9. The highest BCUT2D eigenvalue weighted by Gasteiger charge is 2.08. The number of ketones is 1. The highest BCUT2D eigenvalue weighted by Crippen LogP contribution is 2.06. The number of anilines is 1. The van der Waals surface area contributed by atoms with Crippen molar-refractivity contribution in [2.24, 2.45) is 0 Å². The van der Waals surface area contributed by atoms with E-state index in [9.17, 15) is 4.79 Å². The third kappa shape index (κ3) is 2.04. The van der Waals surface area contributed by atoms with Crippen molar-refractivity contribution >= 4 is 11.6 Å². The molecule has 2 rings (SSSR count). The van der Waals surface area contributed by atoms with Crippen molar-refractivity contribution in [1.82, 2.24) is 14.8 Å². The Morgan fingerprint density at radius 3 is 3.00 bits per heavy atom. The lowest BCUT2D eigenvalue weighted by molar-refractivity contribution is 0.0985. The summed E-state index contributed by atoms with van der Waals surface area (Å²) in [6.45, 7) is 1.79. The fourth-order valence-corrected chi connectivity index (χ4v) is 1.15. The number of rotatable bonds is 3. The Hall–Kier alpha value is -2.11. The SMILES string of the molecule is CC(=O)c1cnc(Cn2ccc(N)n2)o1. The van der Waals surface area contributed by atoms with Crippen molar-refractivity contribution < 1.29 is 9.21 Å². The van der Waals surface area contributed by atoms with Gasteiger partial charge >= 0.3 is 0 Å². The Kier molecular flexibility index (Phi) is 2.24. The Morgan fingerprint density at radius 1 is 1.67 bits per heavy atom. The molecule has 0 aliphatic rings. The smallest absolute Gasteiger partial charge is 0.216 e. The number of hydrogen-bond acceptors (Lipinski definition) is 5. The van der Waals surface area contributed by atoms with E-state index in [4.69, 9.17) is 10.2 Å². The minimum absolute atomic E-state index is 0.145. The molecule has 78 valence electrons. The first kappa shape index (κ1) is 9.45. The fraction of sp³-hybridized carbons (Fsp3) is 0.222. The minimum atomic E-state index is -0.145. The van der Waals surface area contributed by atoms with Crippen LogP contribution < -0.4 is 5.73 Å². The van der Waals surface area contributed by atoms with Crippen molar-refractivity contribution in [3.05, 3.63) is 30.1 Å². The molecule has 0 aliphatic heterocycles. The number of hydrogen-bond donors (Lipinski definition) is 1. The topological polar surface area (TPSA) is 86.9 Å². The summed E-state index contributed by atoms with van der Waals surface area (Å²) in [6.07, 6.45) is 3.12. The van der Waals surface area contributed by atoms with Crippen molar-refractivity contribution in [1.29, 1.82) is 0 Å². The van der Waals surface area contributed by atoms with Gasteiger partial charge in [-0.3, -0.25) is 9.48 Å². The van der Waals surface area contributed by atoms with Crippen molar-refractivity contribution in [3.8, 4) is 0 Å². The van der Waals surface area contributed by atoms with Crippen LogP contribution in [-0.4, -0.2) is 20.5 Å². The lowest BCUT2D eigenvalue weighted by Crippen LogP contribution is -2.01. The first-order valence-electron chi connectivity index (χ1n) is 4.40. The van der Waals surface area contributed by atoms with Crippen LogP contribution in [0.1, 0.15) is 23.4 Å². The summed E-state index contributed by atoms with van der Waals surface area (Å²) in [7, 11) is 0. The average Bonchev–Trinajstić information content (AvgIpc) is 2.76. The van der Waals surface area contributed by atoms with Crippen LogP contribution in [0, 0.1) is 0 Å². The average molecular weight is 206 g/mol. The Balaban J connectivity index is 2.14. The normalized spacial score (nSPS) is 10.5. The molecule has 0 bridgehead atoms. The maximum absolute atomic E-state index is 10.9. The number of carbonyl (C=O) groups excluding carboxylic acids is 1. The molecule has 6 nitrogen and oxygen atoms in total. The Labute approximate surface area is 85.7 Å². The molecule has 0 saturated heterocycles. The fourth-order valence-electron chi connectivity index (χ4n) is 1.15. The molecule has 0 spiro atoms. The number of nitrogen functional groups attached to an aromatic ring is 1. The Morgan fingerprint density at radius 2 is 2.47 bits per heavy atom. The van der Waals surface area contributed by atoms with E-state index in [2.05, 4.69) is 10.1 Å². The van der Waals surface area contributed by atoms with Gasteiger partial charge in [-0.1, -0.05) is 0 Å². The molecule has 0 amide bonds. The van der Waals surface area contributed by atoms with E-state index in [-0.39, 0.29) is 11.5 Å². The second-order valence-electron chi connectivity index (χ2n) is 3.11. The molecule has 0 saturated carbocycles. The molecule has 0 radical (unpaired) electrons. The van der Waals surface area contributed by atoms with Gasteiger partial charge in [-0.25, -0.2) is 4.98 Å². The largest absolute Gasteiger partial charge is 0.436 e. The molecule has 2 N–H and O–H groups in total. The Bertz CT molecular complexity index is 486. The van der Waals surface area contributed by atoms with Gasteiger partial charge in [0.1, 0.15) is 12.4 Å². The van der Waals surface area contributed by atoms with E-state index >= 15 is 0 Å². The summed E-state index contributed by atoms with van der Waals surface area (Å²) in [5.41, 5.74) is 5.45. The minimum Gasteiger partial charge on any atom is -0.436 e. The third-order valence-electron chi connectivity index (χ3n) is 1.86. The number of nitrogens with zero attached hydrogens (tertiary/aromatic N) is 3. The van der Waals surface area contributed by atoms with Crippen LogP contribution in [-0.2, 0) is 6.54 Å². The quantitative estimate of drug-likeness (QED) is 0.747. The highest BCUT2D eigenvalue weighted by atomic mass is 16.4. The van der Waals surface area contributed by atoms with Gasteiger partial charge in [-0.05, 0) is 6.07 Å². The van der Waals surface area contributed by atoms with Crippen LogP contribution in [0.3, 0.4) is 0 Å². The van der Waals surface area contributed by atoms with Crippen LogP contribution in [0.15, 0.2) is 22.9 Å². The number of nitrogens with two attached hydrogens (primary N) is 1. The molecular weight excluding hydrogens is 196 g/mol. The van der Waals surface area contributed by atoms with Crippen LogP contribution in [0.4, 0.5) is 5.82 Å². The monoisotopic (exact) mass is 206 g/mol. The number of oxazole rings is 1. The van der Waals surface area contributed by atoms with Gasteiger partial charge in [0.2, 0.25) is 5.89 Å². The van der Waals surface area contributed by atoms with Gasteiger partial charge in [0.15, 0.2) is 11.5 Å². The van der Waals surface area contributed by atoms with Crippen LogP contribution in [0.25, 0.3) is 0 Å². The van der Waals surface area contributed by atoms with E-state index in [0.717, 1.165) is 0 Å². The maximum atomic E-state index is 10.9. The van der Waals surface area contributed by atoms with Crippen molar-refractivity contribution in [3.63, 3.8) is 0 Å². The van der Waals surface area contributed by atoms with Crippen LogP contribution in [0.5, 0.6) is 0 Å². The van der Waals surface area contributed by atoms with Gasteiger partial charge < -0.3 is 10.2 Å². The van der Waals surface area contributed by atoms with Crippen LogP contribution >= 0.6 is 0 Å². The molecule has 2 aromatic heterocycles. The molecule has 2 aromatic rings. The van der Waals surface area contributed by atoms with Gasteiger partial charge in [-0.15, -0.1) is 0 Å². The molecule has 2 heterocycles. The zero-order valence-electron chi connectivity index (χ0n) is 8.17. The molecule has 0 fully saturated rings. The lowest BCUT2D eigenvalue weighted by atomic mass is 10.4. The zero-order valence-corrected chi connectivity index (χ0v) is 8.17. The van der Waals surface area contributed by atoms with Crippen molar-refractivity contribution in [2.45, 2.75) is 13.5 Å². The van der Waals surface area contributed by atoms with Crippen molar-refractivity contribution in [2.75, 3.05) is 5.73 Å². The first-order valence-corrected chi connectivity index (χ1v) is 4.40. The van der Waals surface area contributed by atoms with E-state index in [0.29, 0.717) is 18.3 Å². The van der Waals surface area contributed by atoms with Gasteiger partial charge in [-0.2, -0.15) is 5.10 Å². The van der Waals surface area contributed by atoms with E-state index < -0.39 is 0 Å². The second kappa shape index (κ2) is 3.56. The molecule has 15 heavy (non-hydrogen) atoms. The predicted molar refractivity (Wildman–Crippen MR) is 52.2 cm³/mol. The number of carbonyl (C=O) groups is 1. The zero-order chi connectivity index (χ0) is 10.8. The molecule has 6 heteroatoms. The lowest BCUT2D eigenvalue weighted by Gasteiger charge is -1.95. The van der Waals surface area contributed by atoms with E-state index in [1.165, 1.54) is 13.1 Å². The molecule has 0 atom stereocenters. The highest BCUT2D eigenvalue weighted by molar-refractivity contribution is 5.90. The summed E-state index contributed by atoms with van der Waals surface area (Å²) in [5, 5.41) is 3.97. The van der Waals surface area contributed by atoms with Gasteiger partial charge in [0.25, 0.3) is 0 Å². The summed E-state index contributed by atoms with van der Waals surface area (Å²) in [6, 6.07) is 1.68. The maximum Gasteiger partial charge on any atom is 0.216 e. The number of Topliss-reactive ketones (excluding diaryl/α,β-unsaturated/α-hetero) is 1. The third-order valence-corrected chi connectivity index (χ3v) is 1.86. The summed E-state index contributed by atoms with van der Waals surface area (Å²) in [5.74, 6) is 0.982. The molecule has 0 aliphatic carbocycles. The first-order chi connectivity index (χ1) is 7.15. The molecule has 0 aromatic carbocycles. The number of aromatic nitrogens is 3. The standard InChI is InChI=1S/C9H10N4O2/c1-6(14)7-4-11-9(15-7)5-13-3-2-8(10)12-13/h2-4H,5H2,1H3,(H2,10,12). The van der Waals surface area contributed by atoms with Crippen LogP contribution in [0.2, 0.25) is 0 Å². The van der Waals surface area contributed by atoms with E-state index in [1.807, 2.05) is 0 Å². The predicted octanol–water partition coefficient (Wildman–Crippen LogP) is 0.704. The van der Waals surface area contributed by atoms with Gasteiger partial charge in [0, 0.05) is 13.1 Å².